The van der Waals surface area contributed by atoms with Crippen LogP contribution in [0.1, 0.15) is 61.7 Å². The van der Waals surface area contributed by atoms with Gasteiger partial charge in [-0.15, -0.1) is 11.3 Å². The van der Waals surface area contributed by atoms with Crippen molar-refractivity contribution in [2.75, 3.05) is 0 Å². The second-order valence-electron chi connectivity index (χ2n) is 8.88. The van der Waals surface area contributed by atoms with Crippen molar-refractivity contribution < 1.29 is 9.59 Å². The van der Waals surface area contributed by atoms with E-state index in [1.165, 1.54) is 27.3 Å². The molecule has 6 nitrogen and oxygen atoms in total. The van der Waals surface area contributed by atoms with E-state index in [9.17, 15) is 9.59 Å². The average molecular weight is 477 g/mol. The molecule has 4 aromatic rings. The highest BCUT2D eigenvalue weighted by atomic mass is 32.1. The van der Waals surface area contributed by atoms with Crippen molar-refractivity contribution in [3.8, 4) is 0 Å². The maximum Gasteiger partial charge on any atom is 0.263 e. The number of nitrogens with zero attached hydrogens (tertiary/aromatic N) is 2. The summed E-state index contributed by atoms with van der Waals surface area (Å²) in [4.78, 5) is 33.7. The smallest absolute Gasteiger partial charge is 0.263 e. The third-order valence-electron chi connectivity index (χ3n) is 6.72. The third-order valence-corrected chi connectivity index (χ3v) is 8.71. The van der Waals surface area contributed by atoms with Crippen molar-refractivity contribution in [3.63, 3.8) is 0 Å². The number of amides is 2. The van der Waals surface area contributed by atoms with Gasteiger partial charge in [0.15, 0.2) is 4.96 Å². The van der Waals surface area contributed by atoms with Crippen LogP contribution in [0.5, 0.6) is 0 Å². The van der Waals surface area contributed by atoms with Gasteiger partial charge in [0.25, 0.3) is 5.91 Å². The molecule has 8 heteroatoms. The molecule has 33 heavy (non-hydrogen) atoms. The Labute approximate surface area is 199 Å². The summed E-state index contributed by atoms with van der Waals surface area (Å²) in [5, 5.41) is 8.59. The van der Waals surface area contributed by atoms with Crippen molar-refractivity contribution in [1.29, 1.82) is 0 Å². The molecule has 2 aliphatic rings. The summed E-state index contributed by atoms with van der Waals surface area (Å²) in [5.74, 6) is -0.174. The predicted molar refractivity (Wildman–Crippen MR) is 130 cm³/mol. The zero-order valence-electron chi connectivity index (χ0n) is 18.2. The zero-order chi connectivity index (χ0) is 22.5. The Bertz CT molecular complexity index is 1340. The van der Waals surface area contributed by atoms with Gasteiger partial charge in [-0.25, -0.2) is 4.98 Å². The largest absolute Gasteiger partial charge is 0.350 e. The summed E-state index contributed by atoms with van der Waals surface area (Å²) in [6.45, 7) is 1.94. The van der Waals surface area contributed by atoms with E-state index in [0.717, 1.165) is 35.5 Å². The molecule has 0 radical (unpaired) electrons. The molecule has 0 aliphatic heterocycles. The normalized spacial score (nSPS) is 21.5. The lowest BCUT2D eigenvalue weighted by atomic mass is 9.87. The summed E-state index contributed by atoms with van der Waals surface area (Å²) in [6.07, 6.45) is 7.43. The van der Waals surface area contributed by atoms with Crippen LogP contribution in [0.4, 0.5) is 0 Å². The molecule has 0 saturated carbocycles. The fourth-order valence-corrected chi connectivity index (χ4v) is 7.08. The number of carbonyl (C=O) groups excluding carboxylic acids is 2. The first kappa shape index (κ1) is 20.6. The van der Waals surface area contributed by atoms with Crippen molar-refractivity contribution >= 4 is 39.4 Å². The van der Waals surface area contributed by atoms with E-state index in [1.54, 1.807) is 11.3 Å². The number of aryl methyl sites for hydroxylation is 2. The molecule has 0 spiro atoms. The number of nitrogens with one attached hydrogen (secondary N) is 2. The van der Waals surface area contributed by atoms with Gasteiger partial charge in [0.05, 0.1) is 23.7 Å². The van der Waals surface area contributed by atoms with Gasteiger partial charge < -0.3 is 10.6 Å². The molecule has 6 rings (SSSR count). The quantitative estimate of drug-likeness (QED) is 0.459. The minimum atomic E-state index is -0.264. The van der Waals surface area contributed by atoms with Crippen LogP contribution >= 0.6 is 22.7 Å². The first-order chi connectivity index (χ1) is 16.1. The van der Waals surface area contributed by atoms with E-state index in [1.807, 2.05) is 35.9 Å². The van der Waals surface area contributed by atoms with Crippen molar-refractivity contribution in [2.45, 2.75) is 50.6 Å². The lowest BCUT2D eigenvalue weighted by Crippen LogP contribution is -2.46. The van der Waals surface area contributed by atoms with Crippen molar-refractivity contribution in [1.82, 2.24) is 20.0 Å². The first-order valence-corrected chi connectivity index (χ1v) is 13.0. The maximum absolute atomic E-state index is 13.4. The van der Waals surface area contributed by atoms with Gasteiger partial charge in [-0.3, -0.25) is 14.0 Å². The van der Waals surface area contributed by atoms with Crippen molar-refractivity contribution in [3.05, 3.63) is 80.2 Å². The van der Waals surface area contributed by atoms with E-state index in [0.29, 0.717) is 11.3 Å². The van der Waals surface area contributed by atoms with E-state index in [-0.39, 0.29) is 29.8 Å². The molecular formula is C25H24N4O2S2. The van der Waals surface area contributed by atoms with Crippen molar-refractivity contribution in [2.24, 2.45) is 0 Å². The van der Waals surface area contributed by atoms with Crippen LogP contribution in [0.3, 0.4) is 0 Å². The summed E-state index contributed by atoms with van der Waals surface area (Å²) < 4.78 is 1.89. The highest BCUT2D eigenvalue weighted by molar-refractivity contribution is 7.18. The average Bonchev–Trinajstić information content (AvgIpc) is 3.56. The van der Waals surface area contributed by atoms with E-state index >= 15 is 0 Å². The second-order valence-corrected chi connectivity index (χ2v) is 10.9. The number of thiazole rings is 1. The predicted octanol–water partition coefficient (Wildman–Crippen LogP) is 4.40. The SMILES string of the molecule is Cc1cn2cc(C(=O)N[C@@H]3c4ccccc4C[C@H]3NC(=O)C3CCCc4sccc43)sc2n1. The van der Waals surface area contributed by atoms with Crippen LogP contribution in [-0.2, 0) is 17.6 Å². The van der Waals surface area contributed by atoms with Crippen LogP contribution in [0.25, 0.3) is 4.96 Å². The summed E-state index contributed by atoms with van der Waals surface area (Å²) in [7, 11) is 0. The molecule has 3 heterocycles. The Morgan fingerprint density at radius 1 is 1.12 bits per heavy atom. The van der Waals surface area contributed by atoms with Gasteiger partial charge in [0, 0.05) is 17.3 Å². The van der Waals surface area contributed by atoms with Crippen LogP contribution < -0.4 is 10.6 Å². The number of hydrogen-bond acceptors (Lipinski definition) is 5. The minimum absolute atomic E-state index is 0.0662. The number of thiophene rings is 1. The molecular weight excluding hydrogens is 452 g/mol. The van der Waals surface area contributed by atoms with Crippen LogP contribution in [0.15, 0.2) is 48.1 Å². The Morgan fingerprint density at radius 3 is 2.88 bits per heavy atom. The van der Waals surface area contributed by atoms with E-state index < -0.39 is 0 Å². The fraction of sp³-hybridized carbons (Fsp3) is 0.320. The van der Waals surface area contributed by atoms with Gasteiger partial charge in [-0.2, -0.15) is 0 Å². The molecule has 2 N–H and O–H groups in total. The number of aromatic nitrogens is 2. The maximum atomic E-state index is 13.4. The van der Waals surface area contributed by atoms with Gasteiger partial charge in [-0.1, -0.05) is 35.6 Å². The van der Waals surface area contributed by atoms with Gasteiger partial charge >= 0.3 is 0 Å². The molecule has 3 atom stereocenters. The Hall–Kier alpha value is -2.97. The lowest BCUT2D eigenvalue weighted by Gasteiger charge is -2.27. The minimum Gasteiger partial charge on any atom is -0.350 e. The topological polar surface area (TPSA) is 75.5 Å². The number of benzene rings is 1. The summed E-state index contributed by atoms with van der Waals surface area (Å²) >= 11 is 3.12. The molecule has 3 aromatic heterocycles. The van der Waals surface area contributed by atoms with Crippen LogP contribution in [-0.4, -0.2) is 27.2 Å². The molecule has 2 aliphatic carbocycles. The monoisotopic (exact) mass is 476 g/mol. The van der Waals surface area contributed by atoms with Gasteiger partial charge in [0.1, 0.15) is 4.88 Å². The molecule has 2 amide bonds. The third kappa shape index (κ3) is 3.67. The van der Waals surface area contributed by atoms with Crippen LogP contribution in [0.2, 0.25) is 0 Å². The standard InChI is InChI=1S/C25H24N4O2S2/c1-14-12-29-13-21(33-25(29)26-14)24(31)28-22-16-6-3-2-5-15(16)11-19(22)27-23(30)18-7-4-8-20-17(18)9-10-32-20/h2-3,5-6,9-10,12-13,18-19,22H,4,7-8,11H2,1H3,(H,27,30)(H,28,31)/t18?,19-,22-/m1/s1. The lowest BCUT2D eigenvalue weighted by molar-refractivity contribution is -0.123. The Morgan fingerprint density at radius 2 is 2.00 bits per heavy atom. The first-order valence-electron chi connectivity index (χ1n) is 11.3. The molecule has 1 aromatic carbocycles. The fourth-order valence-electron chi connectivity index (χ4n) is 5.18. The molecule has 0 bridgehead atoms. The highest BCUT2D eigenvalue weighted by Gasteiger charge is 2.37. The molecule has 0 saturated heterocycles. The molecule has 1 unspecified atom stereocenters. The van der Waals surface area contributed by atoms with E-state index in [2.05, 4.69) is 39.2 Å². The van der Waals surface area contributed by atoms with Gasteiger partial charge in [0.2, 0.25) is 5.91 Å². The highest BCUT2D eigenvalue weighted by Crippen LogP contribution is 2.37. The number of imidazole rings is 1. The molecule has 168 valence electrons. The zero-order valence-corrected chi connectivity index (χ0v) is 19.8. The Kier molecular flexibility index (Phi) is 5.07. The Balaban J connectivity index is 1.24. The number of hydrogen-bond donors (Lipinski definition) is 2. The number of rotatable bonds is 4. The summed E-state index contributed by atoms with van der Waals surface area (Å²) in [5.41, 5.74) is 4.35. The van der Waals surface area contributed by atoms with Gasteiger partial charge in [-0.05, 0) is 60.7 Å². The summed E-state index contributed by atoms with van der Waals surface area (Å²) in [6, 6.07) is 9.80. The van der Waals surface area contributed by atoms with E-state index in [4.69, 9.17) is 0 Å². The number of fused-ring (bicyclic) bond motifs is 3. The number of carbonyl (C=O) groups is 2. The van der Waals surface area contributed by atoms with Crippen LogP contribution in [0, 0.1) is 6.92 Å². The molecule has 0 fully saturated rings. The second kappa shape index (κ2) is 8.11.